The van der Waals surface area contributed by atoms with Gasteiger partial charge in [-0.05, 0) is 25.0 Å². The van der Waals surface area contributed by atoms with E-state index in [0.29, 0.717) is 5.76 Å². The second-order valence-electron chi connectivity index (χ2n) is 5.73. The SMILES string of the molecule is COCCN1CCC(NC(=O)c2cc3ccccc3o2)CC1. The predicted molar refractivity (Wildman–Crippen MR) is 85.0 cm³/mol. The van der Waals surface area contributed by atoms with Gasteiger partial charge in [-0.2, -0.15) is 0 Å². The lowest BCUT2D eigenvalue weighted by atomic mass is 10.0. The molecule has 0 spiro atoms. The van der Waals surface area contributed by atoms with E-state index in [2.05, 4.69) is 10.2 Å². The zero-order valence-electron chi connectivity index (χ0n) is 12.9. The van der Waals surface area contributed by atoms with E-state index >= 15 is 0 Å². The lowest BCUT2D eigenvalue weighted by Crippen LogP contribution is -2.45. The highest BCUT2D eigenvalue weighted by atomic mass is 16.5. The molecule has 3 rings (SSSR count). The van der Waals surface area contributed by atoms with Gasteiger partial charge in [0, 0.05) is 38.2 Å². The van der Waals surface area contributed by atoms with Gasteiger partial charge in [0.2, 0.25) is 0 Å². The van der Waals surface area contributed by atoms with E-state index in [1.165, 1.54) is 0 Å². The summed E-state index contributed by atoms with van der Waals surface area (Å²) in [5.41, 5.74) is 0.752. The molecule has 1 saturated heterocycles. The first-order valence-corrected chi connectivity index (χ1v) is 7.77. The van der Waals surface area contributed by atoms with Gasteiger partial charge in [0.25, 0.3) is 5.91 Å². The summed E-state index contributed by atoms with van der Waals surface area (Å²) in [6, 6.07) is 9.70. The average molecular weight is 302 g/mol. The fourth-order valence-corrected chi connectivity index (χ4v) is 2.87. The summed E-state index contributed by atoms with van der Waals surface area (Å²) >= 11 is 0. The van der Waals surface area contributed by atoms with E-state index in [9.17, 15) is 4.79 Å². The molecule has 1 fully saturated rings. The van der Waals surface area contributed by atoms with Crippen LogP contribution in [0, 0.1) is 0 Å². The Bertz CT molecular complexity index is 597. The number of hydrogen-bond donors (Lipinski definition) is 1. The van der Waals surface area contributed by atoms with Crippen molar-refractivity contribution in [3.05, 3.63) is 36.1 Å². The number of para-hydroxylation sites is 1. The van der Waals surface area contributed by atoms with Crippen LogP contribution >= 0.6 is 0 Å². The number of carbonyl (C=O) groups excluding carboxylic acids is 1. The number of nitrogens with zero attached hydrogens (tertiary/aromatic N) is 1. The minimum atomic E-state index is -0.119. The highest BCUT2D eigenvalue weighted by Gasteiger charge is 2.22. The molecule has 1 N–H and O–H groups in total. The number of carbonyl (C=O) groups is 1. The second kappa shape index (κ2) is 6.94. The van der Waals surface area contributed by atoms with Crippen molar-refractivity contribution in [2.75, 3.05) is 33.4 Å². The molecule has 118 valence electrons. The van der Waals surface area contributed by atoms with Gasteiger partial charge in [0.1, 0.15) is 5.58 Å². The highest BCUT2D eigenvalue weighted by Crippen LogP contribution is 2.19. The maximum atomic E-state index is 12.3. The fraction of sp³-hybridized carbons (Fsp3) is 0.471. The molecule has 1 aliphatic rings. The lowest BCUT2D eigenvalue weighted by molar-refractivity contribution is 0.0868. The van der Waals surface area contributed by atoms with E-state index in [-0.39, 0.29) is 11.9 Å². The van der Waals surface area contributed by atoms with Crippen molar-refractivity contribution < 1.29 is 13.9 Å². The maximum absolute atomic E-state index is 12.3. The first-order chi connectivity index (χ1) is 10.8. The maximum Gasteiger partial charge on any atom is 0.287 e. The molecule has 5 heteroatoms. The van der Waals surface area contributed by atoms with Gasteiger partial charge in [0.15, 0.2) is 5.76 Å². The van der Waals surface area contributed by atoms with Crippen LogP contribution in [0.5, 0.6) is 0 Å². The number of fused-ring (bicyclic) bond motifs is 1. The number of hydrogen-bond acceptors (Lipinski definition) is 4. The number of nitrogens with one attached hydrogen (secondary N) is 1. The molecule has 1 amide bonds. The van der Waals surface area contributed by atoms with Crippen molar-refractivity contribution in [3.8, 4) is 0 Å². The van der Waals surface area contributed by atoms with Gasteiger partial charge >= 0.3 is 0 Å². The van der Waals surface area contributed by atoms with E-state index in [1.807, 2.05) is 24.3 Å². The smallest absolute Gasteiger partial charge is 0.287 e. The zero-order chi connectivity index (χ0) is 15.4. The first-order valence-electron chi connectivity index (χ1n) is 7.77. The van der Waals surface area contributed by atoms with Crippen LogP contribution in [-0.2, 0) is 4.74 Å². The average Bonchev–Trinajstić information content (AvgIpc) is 2.98. The molecular weight excluding hydrogens is 280 g/mol. The van der Waals surface area contributed by atoms with E-state index in [4.69, 9.17) is 9.15 Å². The fourth-order valence-electron chi connectivity index (χ4n) is 2.87. The number of amides is 1. The van der Waals surface area contributed by atoms with Gasteiger partial charge in [-0.1, -0.05) is 18.2 Å². The summed E-state index contributed by atoms with van der Waals surface area (Å²) in [6.07, 6.45) is 1.94. The van der Waals surface area contributed by atoms with E-state index in [1.54, 1.807) is 13.2 Å². The van der Waals surface area contributed by atoms with Gasteiger partial charge < -0.3 is 19.4 Å². The Hall–Kier alpha value is -1.85. The first kappa shape index (κ1) is 15.1. The largest absolute Gasteiger partial charge is 0.451 e. The van der Waals surface area contributed by atoms with Crippen LogP contribution < -0.4 is 5.32 Å². The molecule has 1 aromatic carbocycles. The van der Waals surface area contributed by atoms with Gasteiger partial charge in [-0.15, -0.1) is 0 Å². The molecule has 1 aliphatic heterocycles. The van der Waals surface area contributed by atoms with Crippen molar-refractivity contribution in [3.63, 3.8) is 0 Å². The number of rotatable bonds is 5. The van der Waals surface area contributed by atoms with E-state index in [0.717, 1.165) is 50.1 Å². The Morgan fingerprint density at radius 1 is 1.36 bits per heavy atom. The topological polar surface area (TPSA) is 54.7 Å². The number of piperidine rings is 1. The molecule has 5 nitrogen and oxygen atoms in total. The number of furan rings is 1. The van der Waals surface area contributed by atoms with Crippen molar-refractivity contribution in [1.29, 1.82) is 0 Å². The lowest BCUT2D eigenvalue weighted by Gasteiger charge is -2.31. The van der Waals surface area contributed by atoms with Crippen LogP contribution in [0.15, 0.2) is 34.7 Å². The number of likely N-dealkylation sites (tertiary alicyclic amines) is 1. The molecule has 0 saturated carbocycles. The number of benzene rings is 1. The van der Waals surface area contributed by atoms with Crippen LogP contribution in [-0.4, -0.2) is 50.2 Å². The number of methoxy groups -OCH3 is 1. The third-order valence-electron chi connectivity index (χ3n) is 4.18. The van der Waals surface area contributed by atoms with Crippen molar-refractivity contribution in [2.24, 2.45) is 0 Å². The minimum absolute atomic E-state index is 0.119. The van der Waals surface area contributed by atoms with Gasteiger partial charge in [0.05, 0.1) is 6.61 Å². The quantitative estimate of drug-likeness (QED) is 0.920. The summed E-state index contributed by atoms with van der Waals surface area (Å²) in [5, 5.41) is 4.04. The number of ether oxygens (including phenoxy) is 1. The standard InChI is InChI=1S/C17H22N2O3/c1-21-11-10-19-8-6-14(7-9-19)18-17(20)16-12-13-4-2-3-5-15(13)22-16/h2-5,12,14H,6-11H2,1H3,(H,18,20). The van der Waals surface area contributed by atoms with Gasteiger partial charge in [-0.3, -0.25) is 4.79 Å². The van der Waals surface area contributed by atoms with Crippen molar-refractivity contribution in [1.82, 2.24) is 10.2 Å². The molecule has 22 heavy (non-hydrogen) atoms. The second-order valence-corrected chi connectivity index (χ2v) is 5.73. The Labute approximate surface area is 130 Å². The Morgan fingerprint density at radius 3 is 2.86 bits per heavy atom. The van der Waals surface area contributed by atoms with Crippen LogP contribution in [0.2, 0.25) is 0 Å². The third-order valence-corrected chi connectivity index (χ3v) is 4.18. The van der Waals surface area contributed by atoms with Crippen molar-refractivity contribution in [2.45, 2.75) is 18.9 Å². The predicted octanol–water partition coefficient (Wildman–Crippen LogP) is 2.27. The van der Waals surface area contributed by atoms with E-state index < -0.39 is 0 Å². The molecule has 2 aromatic rings. The minimum Gasteiger partial charge on any atom is -0.451 e. The zero-order valence-corrected chi connectivity index (χ0v) is 12.9. The van der Waals surface area contributed by atoms with Crippen LogP contribution in [0.1, 0.15) is 23.4 Å². The Kier molecular flexibility index (Phi) is 4.75. The third kappa shape index (κ3) is 3.48. The molecule has 0 unspecified atom stereocenters. The summed E-state index contributed by atoms with van der Waals surface area (Å²) in [5.74, 6) is 0.273. The monoisotopic (exact) mass is 302 g/mol. The van der Waals surface area contributed by atoms with Crippen molar-refractivity contribution >= 4 is 16.9 Å². The summed E-state index contributed by atoms with van der Waals surface area (Å²) < 4.78 is 10.7. The Morgan fingerprint density at radius 2 is 2.14 bits per heavy atom. The van der Waals surface area contributed by atoms with Crippen LogP contribution in [0.3, 0.4) is 0 Å². The van der Waals surface area contributed by atoms with Crippen LogP contribution in [0.4, 0.5) is 0 Å². The Balaban J connectivity index is 1.54. The van der Waals surface area contributed by atoms with Crippen LogP contribution in [0.25, 0.3) is 11.0 Å². The summed E-state index contributed by atoms with van der Waals surface area (Å²) in [6.45, 7) is 3.71. The molecule has 0 bridgehead atoms. The van der Waals surface area contributed by atoms with Gasteiger partial charge in [-0.25, -0.2) is 0 Å². The highest BCUT2D eigenvalue weighted by molar-refractivity contribution is 5.96. The normalized spacial score (nSPS) is 17.0. The molecular formula is C17H22N2O3. The molecule has 0 radical (unpaired) electrons. The summed E-state index contributed by atoms with van der Waals surface area (Å²) in [4.78, 5) is 14.7. The molecule has 2 heterocycles. The molecule has 0 aliphatic carbocycles. The molecule has 1 aromatic heterocycles. The molecule has 0 atom stereocenters. The summed E-state index contributed by atoms with van der Waals surface area (Å²) in [7, 11) is 1.72.